The number of hydrogen-bond donors (Lipinski definition) is 1. The third kappa shape index (κ3) is 3.64. The van der Waals surface area contributed by atoms with Gasteiger partial charge in [-0.3, -0.25) is 4.79 Å². The Balaban J connectivity index is 2.08. The Labute approximate surface area is 130 Å². The normalized spacial score (nSPS) is 18.2. The van der Waals surface area contributed by atoms with Gasteiger partial charge in [-0.1, -0.05) is 20.8 Å². The molecule has 1 atom stereocenters. The number of nitrogens with zero attached hydrogens (tertiary/aromatic N) is 4. The molecule has 0 saturated carbocycles. The minimum absolute atomic E-state index is 0.122. The van der Waals surface area contributed by atoms with Gasteiger partial charge in [0.25, 0.3) is 0 Å². The van der Waals surface area contributed by atoms with Crippen LogP contribution in [-0.4, -0.2) is 42.7 Å². The average molecular weight is 308 g/mol. The summed E-state index contributed by atoms with van der Waals surface area (Å²) >= 11 is 0. The summed E-state index contributed by atoms with van der Waals surface area (Å²) in [5, 5.41) is 17.4. The van der Waals surface area contributed by atoms with Gasteiger partial charge in [0, 0.05) is 6.42 Å². The molecule has 2 heterocycles. The molecule has 22 heavy (non-hydrogen) atoms. The summed E-state index contributed by atoms with van der Waals surface area (Å²) in [5.41, 5.74) is 0.172. The molecule has 1 aliphatic heterocycles. The molecular weight excluding hydrogens is 284 g/mol. The zero-order chi connectivity index (χ0) is 16.5. The second kappa shape index (κ2) is 6.06. The smallest absolute Gasteiger partial charge is 0.328 e. The topological polar surface area (TPSA) is 88.3 Å². The fourth-order valence-electron chi connectivity index (χ4n) is 2.70. The Bertz CT molecular complexity index is 574. The van der Waals surface area contributed by atoms with E-state index in [4.69, 9.17) is 0 Å². The third-order valence-electron chi connectivity index (χ3n) is 3.98. The maximum Gasteiger partial charge on any atom is 0.328 e. The molecule has 1 aromatic rings. The third-order valence-corrected chi connectivity index (χ3v) is 3.98. The standard InChI is InChI=1S/C15H24N4O3/c1-10-16-17-12-9-19(11(14(21)22)8-18(10)12)13(20)6-5-7-15(2,3)4/h11H,5-9H2,1-4H3,(H,21,22). The van der Waals surface area contributed by atoms with Gasteiger partial charge in [0.15, 0.2) is 5.82 Å². The minimum Gasteiger partial charge on any atom is -0.480 e. The molecule has 7 nitrogen and oxygen atoms in total. The molecule has 1 amide bonds. The molecule has 1 N–H and O–H groups in total. The summed E-state index contributed by atoms with van der Waals surface area (Å²) in [7, 11) is 0. The number of fused-ring (bicyclic) bond motifs is 1. The predicted molar refractivity (Wildman–Crippen MR) is 80.0 cm³/mol. The number of aliphatic carboxylic acids is 1. The van der Waals surface area contributed by atoms with Crippen LogP contribution in [0.15, 0.2) is 0 Å². The largest absolute Gasteiger partial charge is 0.480 e. The van der Waals surface area contributed by atoms with Crippen LogP contribution in [-0.2, 0) is 22.7 Å². The van der Waals surface area contributed by atoms with E-state index >= 15 is 0 Å². The highest BCUT2D eigenvalue weighted by atomic mass is 16.4. The summed E-state index contributed by atoms with van der Waals surface area (Å²) in [5.74, 6) is 0.228. The lowest BCUT2D eigenvalue weighted by atomic mass is 9.90. The van der Waals surface area contributed by atoms with Gasteiger partial charge in [-0.25, -0.2) is 4.79 Å². The number of aromatic nitrogens is 3. The second-order valence-electron chi connectivity index (χ2n) is 7.06. The van der Waals surface area contributed by atoms with Crippen LogP contribution in [0.2, 0.25) is 0 Å². The van der Waals surface area contributed by atoms with Crippen molar-refractivity contribution in [1.82, 2.24) is 19.7 Å². The van der Waals surface area contributed by atoms with E-state index in [2.05, 4.69) is 31.0 Å². The van der Waals surface area contributed by atoms with Crippen LogP contribution in [0.4, 0.5) is 0 Å². The number of hydrogen-bond acceptors (Lipinski definition) is 4. The van der Waals surface area contributed by atoms with E-state index in [9.17, 15) is 14.7 Å². The van der Waals surface area contributed by atoms with Gasteiger partial charge in [-0.15, -0.1) is 10.2 Å². The predicted octanol–water partition coefficient (Wildman–Crippen LogP) is 1.60. The van der Waals surface area contributed by atoms with Gasteiger partial charge in [0.2, 0.25) is 5.91 Å². The van der Waals surface area contributed by atoms with Crippen molar-refractivity contribution >= 4 is 11.9 Å². The maximum atomic E-state index is 12.4. The highest BCUT2D eigenvalue weighted by molar-refractivity contribution is 5.83. The van der Waals surface area contributed by atoms with Gasteiger partial charge in [-0.2, -0.15) is 0 Å². The van der Waals surface area contributed by atoms with E-state index in [1.54, 1.807) is 11.5 Å². The lowest BCUT2D eigenvalue weighted by Crippen LogP contribution is -2.50. The van der Waals surface area contributed by atoms with Crippen molar-refractivity contribution in [2.75, 3.05) is 0 Å². The number of carboxylic acid groups (broad SMARTS) is 1. The number of amides is 1. The van der Waals surface area contributed by atoms with Gasteiger partial charge < -0.3 is 14.6 Å². The zero-order valence-electron chi connectivity index (χ0n) is 13.7. The Hall–Kier alpha value is -1.92. The average Bonchev–Trinajstić information content (AvgIpc) is 2.77. The van der Waals surface area contributed by atoms with E-state index in [0.717, 1.165) is 12.8 Å². The van der Waals surface area contributed by atoms with E-state index in [-0.39, 0.29) is 24.4 Å². The molecule has 0 aromatic carbocycles. The molecule has 7 heteroatoms. The summed E-state index contributed by atoms with van der Waals surface area (Å²) < 4.78 is 1.78. The molecule has 0 bridgehead atoms. The summed E-state index contributed by atoms with van der Waals surface area (Å²) in [6.07, 6.45) is 2.06. The fraction of sp³-hybridized carbons (Fsp3) is 0.733. The molecule has 0 saturated heterocycles. The number of carbonyl (C=O) groups excluding carboxylic acids is 1. The highest BCUT2D eigenvalue weighted by Gasteiger charge is 2.36. The van der Waals surface area contributed by atoms with Crippen LogP contribution in [0.1, 0.15) is 51.7 Å². The van der Waals surface area contributed by atoms with Crippen molar-refractivity contribution < 1.29 is 14.7 Å². The Morgan fingerprint density at radius 1 is 1.32 bits per heavy atom. The summed E-state index contributed by atoms with van der Waals surface area (Å²) in [4.78, 5) is 25.3. The van der Waals surface area contributed by atoms with Crippen LogP contribution in [0.3, 0.4) is 0 Å². The van der Waals surface area contributed by atoms with E-state index in [0.29, 0.717) is 18.1 Å². The molecule has 2 rings (SSSR count). The molecule has 0 spiro atoms. The number of carboxylic acids is 1. The van der Waals surface area contributed by atoms with Crippen molar-refractivity contribution in [3.8, 4) is 0 Å². The first-order valence-electron chi connectivity index (χ1n) is 7.60. The van der Waals surface area contributed by atoms with Crippen molar-refractivity contribution in [1.29, 1.82) is 0 Å². The number of rotatable bonds is 4. The lowest BCUT2D eigenvalue weighted by molar-refractivity contribution is -0.152. The minimum atomic E-state index is -0.983. The van der Waals surface area contributed by atoms with Gasteiger partial charge in [0.1, 0.15) is 11.9 Å². The Kier molecular flexibility index (Phi) is 4.53. The van der Waals surface area contributed by atoms with E-state index in [1.807, 2.05) is 0 Å². The van der Waals surface area contributed by atoms with Crippen molar-refractivity contribution in [3.05, 3.63) is 11.6 Å². The van der Waals surface area contributed by atoms with Crippen LogP contribution in [0.25, 0.3) is 0 Å². The van der Waals surface area contributed by atoms with Crippen LogP contribution in [0, 0.1) is 12.3 Å². The van der Waals surface area contributed by atoms with E-state index in [1.165, 1.54) is 4.90 Å². The number of aryl methyl sites for hydroxylation is 1. The van der Waals surface area contributed by atoms with Crippen molar-refractivity contribution in [2.45, 2.75) is 66.1 Å². The highest BCUT2D eigenvalue weighted by Crippen LogP contribution is 2.24. The molecule has 1 aromatic heterocycles. The summed E-state index contributed by atoms with van der Waals surface area (Å²) in [6.45, 7) is 8.61. The monoisotopic (exact) mass is 308 g/mol. The SMILES string of the molecule is Cc1nnc2n1CC(C(=O)O)N(C(=O)CCCC(C)(C)C)C2. The lowest BCUT2D eigenvalue weighted by Gasteiger charge is -2.33. The van der Waals surface area contributed by atoms with Gasteiger partial charge >= 0.3 is 5.97 Å². The van der Waals surface area contributed by atoms with Gasteiger partial charge in [-0.05, 0) is 25.2 Å². The zero-order valence-corrected chi connectivity index (χ0v) is 13.7. The van der Waals surface area contributed by atoms with E-state index < -0.39 is 12.0 Å². The fourth-order valence-corrected chi connectivity index (χ4v) is 2.70. The van der Waals surface area contributed by atoms with Crippen LogP contribution in [0.5, 0.6) is 0 Å². The first-order chi connectivity index (χ1) is 10.2. The molecule has 0 aliphatic carbocycles. The van der Waals surface area contributed by atoms with Gasteiger partial charge in [0.05, 0.1) is 13.1 Å². The van der Waals surface area contributed by atoms with Crippen LogP contribution < -0.4 is 0 Å². The van der Waals surface area contributed by atoms with Crippen LogP contribution >= 0.6 is 0 Å². The van der Waals surface area contributed by atoms with Crippen molar-refractivity contribution in [3.63, 3.8) is 0 Å². The quantitative estimate of drug-likeness (QED) is 0.912. The first-order valence-corrected chi connectivity index (χ1v) is 7.60. The Morgan fingerprint density at radius 2 is 2.00 bits per heavy atom. The molecule has 122 valence electrons. The molecule has 1 unspecified atom stereocenters. The Morgan fingerprint density at radius 3 is 2.59 bits per heavy atom. The second-order valence-corrected chi connectivity index (χ2v) is 7.06. The first kappa shape index (κ1) is 16.5. The number of carbonyl (C=O) groups is 2. The molecule has 1 aliphatic rings. The van der Waals surface area contributed by atoms with Crippen molar-refractivity contribution in [2.24, 2.45) is 5.41 Å². The molecule has 0 radical (unpaired) electrons. The molecular formula is C15H24N4O3. The molecule has 0 fully saturated rings. The maximum absolute atomic E-state index is 12.4. The summed E-state index contributed by atoms with van der Waals surface area (Å²) in [6, 6.07) is -0.843.